The van der Waals surface area contributed by atoms with E-state index < -0.39 is 0 Å². The lowest BCUT2D eigenvalue weighted by Gasteiger charge is -2.19. The number of hydrogen-bond acceptors (Lipinski definition) is 3. The Labute approximate surface area is 128 Å². The highest BCUT2D eigenvalue weighted by atomic mass is 35.5. The van der Waals surface area contributed by atoms with Crippen LogP contribution in [0.3, 0.4) is 0 Å². The average molecular weight is 308 g/mol. The molecule has 0 amide bonds. The van der Waals surface area contributed by atoms with E-state index in [4.69, 9.17) is 16.3 Å². The zero-order valence-corrected chi connectivity index (χ0v) is 13.1. The topological polar surface area (TPSA) is 21.3 Å². The van der Waals surface area contributed by atoms with Gasteiger partial charge < -0.3 is 10.1 Å². The molecule has 1 aromatic heterocycles. The predicted molar refractivity (Wildman–Crippen MR) is 84.8 cm³/mol. The summed E-state index contributed by atoms with van der Waals surface area (Å²) in [5.41, 5.74) is 2.50. The molecule has 0 radical (unpaired) electrons. The number of thiophene rings is 1. The van der Waals surface area contributed by atoms with Gasteiger partial charge in [-0.15, -0.1) is 11.3 Å². The second-order valence-corrected chi connectivity index (χ2v) is 6.92. The summed E-state index contributed by atoms with van der Waals surface area (Å²) in [5.74, 6) is 1.06. The van der Waals surface area contributed by atoms with Crippen LogP contribution < -0.4 is 10.1 Å². The molecule has 4 heteroatoms. The quantitative estimate of drug-likeness (QED) is 0.886. The van der Waals surface area contributed by atoms with Crippen LogP contribution in [-0.2, 0) is 6.54 Å². The number of fused-ring (bicyclic) bond motifs is 1. The van der Waals surface area contributed by atoms with E-state index in [0.717, 1.165) is 36.1 Å². The molecule has 2 aromatic rings. The van der Waals surface area contributed by atoms with Crippen molar-refractivity contribution in [3.63, 3.8) is 0 Å². The summed E-state index contributed by atoms with van der Waals surface area (Å²) in [5, 5.41) is 3.65. The maximum Gasteiger partial charge on any atom is 0.126 e. The van der Waals surface area contributed by atoms with Crippen LogP contribution >= 0.6 is 22.9 Å². The van der Waals surface area contributed by atoms with Crippen LogP contribution in [0.5, 0.6) is 5.75 Å². The minimum Gasteiger partial charge on any atom is -0.493 e. The normalized spacial score (nSPS) is 18.2. The van der Waals surface area contributed by atoms with Gasteiger partial charge in [-0.3, -0.25) is 0 Å². The fraction of sp³-hybridized carbons (Fsp3) is 0.375. The van der Waals surface area contributed by atoms with Crippen LogP contribution in [0.2, 0.25) is 4.34 Å². The second-order valence-electron chi connectivity index (χ2n) is 5.12. The van der Waals surface area contributed by atoms with Crippen molar-refractivity contribution in [1.29, 1.82) is 0 Å². The molecule has 20 heavy (non-hydrogen) atoms. The highest BCUT2D eigenvalue weighted by Gasteiger charge is 2.20. The Morgan fingerprint density at radius 2 is 2.25 bits per heavy atom. The predicted octanol–water partition coefficient (Wildman–Crippen LogP) is 4.71. The Morgan fingerprint density at radius 1 is 1.35 bits per heavy atom. The van der Waals surface area contributed by atoms with Crippen molar-refractivity contribution in [2.24, 2.45) is 0 Å². The smallest absolute Gasteiger partial charge is 0.126 e. The number of nitrogens with one attached hydrogen (secondary N) is 1. The number of halogens is 1. The Bertz CT molecular complexity index is 596. The van der Waals surface area contributed by atoms with E-state index in [2.05, 4.69) is 36.5 Å². The van der Waals surface area contributed by atoms with Gasteiger partial charge in [0.15, 0.2) is 0 Å². The molecule has 0 saturated carbocycles. The van der Waals surface area contributed by atoms with Gasteiger partial charge in [-0.1, -0.05) is 29.8 Å². The lowest BCUT2D eigenvalue weighted by Crippen LogP contribution is -2.20. The van der Waals surface area contributed by atoms with Gasteiger partial charge in [0, 0.05) is 23.0 Å². The third-order valence-electron chi connectivity index (χ3n) is 3.65. The highest BCUT2D eigenvalue weighted by molar-refractivity contribution is 7.16. The zero-order valence-electron chi connectivity index (χ0n) is 11.5. The lowest BCUT2D eigenvalue weighted by molar-refractivity contribution is 0.313. The van der Waals surface area contributed by atoms with Crippen molar-refractivity contribution in [2.45, 2.75) is 32.4 Å². The first-order chi connectivity index (χ1) is 9.74. The molecule has 106 valence electrons. The third kappa shape index (κ3) is 3.00. The highest BCUT2D eigenvalue weighted by Crippen LogP contribution is 2.34. The Balaban J connectivity index is 1.78. The first-order valence-electron chi connectivity index (χ1n) is 6.94. The molecule has 1 atom stereocenters. The number of rotatable bonds is 3. The molecule has 1 aliphatic rings. The van der Waals surface area contributed by atoms with E-state index in [-0.39, 0.29) is 0 Å². The summed E-state index contributed by atoms with van der Waals surface area (Å²) < 4.78 is 6.76. The van der Waals surface area contributed by atoms with Crippen LogP contribution in [0.25, 0.3) is 0 Å². The summed E-state index contributed by atoms with van der Waals surface area (Å²) in [6, 6.07) is 10.8. The van der Waals surface area contributed by atoms with Gasteiger partial charge >= 0.3 is 0 Å². The van der Waals surface area contributed by atoms with Gasteiger partial charge in [-0.2, -0.15) is 0 Å². The fourth-order valence-corrected chi connectivity index (χ4v) is 3.68. The zero-order chi connectivity index (χ0) is 13.9. The summed E-state index contributed by atoms with van der Waals surface area (Å²) >= 11 is 7.62. The van der Waals surface area contributed by atoms with Gasteiger partial charge in [0.1, 0.15) is 5.75 Å². The van der Waals surface area contributed by atoms with Crippen LogP contribution in [0, 0.1) is 6.92 Å². The maximum absolute atomic E-state index is 5.98. The first-order valence-corrected chi connectivity index (χ1v) is 8.13. The number of aryl methyl sites for hydroxylation is 1. The number of hydrogen-bond donors (Lipinski definition) is 1. The van der Waals surface area contributed by atoms with E-state index in [0.29, 0.717) is 6.04 Å². The monoisotopic (exact) mass is 307 g/mol. The molecule has 0 bridgehead atoms. The van der Waals surface area contributed by atoms with Crippen molar-refractivity contribution in [2.75, 3.05) is 6.61 Å². The molecule has 0 aliphatic carbocycles. The molecule has 0 fully saturated rings. The second kappa shape index (κ2) is 6.17. The Morgan fingerprint density at radius 3 is 3.05 bits per heavy atom. The van der Waals surface area contributed by atoms with Crippen molar-refractivity contribution in [1.82, 2.24) is 5.32 Å². The minimum atomic E-state index is 0.355. The minimum absolute atomic E-state index is 0.355. The van der Waals surface area contributed by atoms with E-state index in [1.54, 1.807) is 11.3 Å². The first kappa shape index (κ1) is 13.9. The third-order valence-corrected chi connectivity index (χ3v) is 4.88. The molecule has 0 spiro atoms. The molecule has 1 unspecified atom stereocenters. The largest absolute Gasteiger partial charge is 0.493 e. The summed E-state index contributed by atoms with van der Waals surface area (Å²) in [6.07, 6.45) is 2.19. The Hall–Kier alpha value is -1.03. The number of benzene rings is 1. The van der Waals surface area contributed by atoms with Crippen molar-refractivity contribution in [3.8, 4) is 5.75 Å². The Kier molecular flexibility index (Phi) is 4.29. The van der Waals surface area contributed by atoms with E-state index in [9.17, 15) is 0 Å². The maximum atomic E-state index is 5.98. The number of para-hydroxylation sites is 1. The van der Waals surface area contributed by atoms with Gasteiger partial charge in [0.05, 0.1) is 10.9 Å². The van der Waals surface area contributed by atoms with Crippen molar-refractivity contribution < 1.29 is 4.74 Å². The fourth-order valence-electron chi connectivity index (χ4n) is 2.65. The van der Waals surface area contributed by atoms with E-state index in [1.807, 2.05) is 6.07 Å². The molecule has 2 nitrogen and oxygen atoms in total. The summed E-state index contributed by atoms with van der Waals surface area (Å²) in [4.78, 5) is 1.27. The van der Waals surface area contributed by atoms with Crippen LogP contribution in [0.15, 0.2) is 30.3 Å². The molecule has 0 saturated heterocycles. The van der Waals surface area contributed by atoms with Crippen LogP contribution in [0.4, 0.5) is 0 Å². The molecular formula is C16H18ClNOS. The van der Waals surface area contributed by atoms with Gasteiger partial charge in [0.2, 0.25) is 0 Å². The lowest BCUT2D eigenvalue weighted by atomic mass is 10.00. The van der Waals surface area contributed by atoms with Crippen molar-refractivity contribution in [3.05, 3.63) is 50.7 Å². The summed E-state index contributed by atoms with van der Waals surface area (Å²) in [7, 11) is 0. The van der Waals surface area contributed by atoms with Gasteiger partial charge in [0.25, 0.3) is 0 Å². The molecule has 1 N–H and O–H groups in total. The molecule has 1 aliphatic heterocycles. The molecular weight excluding hydrogens is 290 g/mol. The van der Waals surface area contributed by atoms with Gasteiger partial charge in [-0.25, -0.2) is 0 Å². The standard InChI is InChI=1S/C16H18ClNOS/c1-11-4-2-5-13-14(6-3-9-19-16(11)13)18-10-12-7-8-15(17)20-12/h2,4-5,7-8,14,18H,3,6,9-10H2,1H3. The van der Waals surface area contributed by atoms with Crippen LogP contribution in [0.1, 0.15) is 34.9 Å². The van der Waals surface area contributed by atoms with E-state index >= 15 is 0 Å². The SMILES string of the molecule is Cc1cccc2c1OCCCC2NCc1ccc(Cl)s1. The van der Waals surface area contributed by atoms with Crippen LogP contribution in [-0.4, -0.2) is 6.61 Å². The molecule has 2 heterocycles. The van der Waals surface area contributed by atoms with Crippen molar-refractivity contribution >= 4 is 22.9 Å². The van der Waals surface area contributed by atoms with E-state index in [1.165, 1.54) is 16.0 Å². The summed E-state index contributed by atoms with van der Waals surface area (Å²) in [6.45, 7) is 3.77. The van der Waals surface area contributed by atoms with Gasteiger partial charge in [-0.05, 0) is 37.5 Å². The number of ether oxygens (including phenoxy) is 1. The average Bonchev–Trinajstić information content (AvgIpc) is 2.73. The molecule has 1 aromatic carbocycles. The molecule has 3 rings (SSSR count).